The van der Waals surface area contributed by atoms with Crippen LogP contribution in [0.4, 0.5) is 5.69 Å². The molecule has 3 rings (SSSR count). The summed E-state index contributed by atoms with van der Waals surface area (Å²) in [6.45, 7) is 3.71. The molecule has 3 aromatic rings. The van der Waals surface area contributed by atoms with Crippen LogP contribution in [0.25, 0.3) is 0 Å². The summed E-state index contributed by atoms with van der Waals surface area (Å²) in [6, 6.07) is 27.5. The van der Waals surface area contributed by atoms with E-state index in [9.17, 15) is 0 Å². The van der Waals surface area contributed by atoms with E-state index in [1.54, 1.807) is 7.11 Å². The van der Waals surface area contributed by atoms with Gasteiger partial charge in [-0.05, 0) is 0 Å². The minimum atomic E-state index is 0.588. The Morgan fingerprint density at radius 3 is 2.00 bits per heavy atom. The topological polar surface area (TPSA) is 12.5 Å². The molecule has 2 nitrogen and oxygen atoms in total. The fraction of sp³-hybridized carbons (Fsp3) is 0.160. The molecule has 28 heavy (non-hydrogen) atoms. The van der Waals surface area contributed by atoms with Gasteiger partial charge in [0.05, 0.1) is 0 Å². The van der Waals surface area contributed by atoms with Crippen LogP contribution in [-0.4, -0.2) is 11.7 Å². The molecule has 0 spiro atoms. The maximum atomic E-state index is 5.17. The van der Waals surface area contributed by atoms with Gasteiger partial charge in [-0.25, -0.2) is 0 Å². The Morgan fingerprint density at radius 2 is 1.46 bits per heavy atom. The van der Waals surface area contributed by atoms with E-state index in [2.05, 4.69) is 106 Å². The molecule has 0 aliphatic rings. The second-order valence-electron chi connectivity index (χ2n) is 6.59. The van der Waals surface area contributed by atoms with Crippen molar-refractivity contribution in [2.45, 2.75) is 20.0 Å². The van der Waals surface area contributed by atoms with Crippen LogP contribution in [0.5, 0.6) is 0 Å². The van der Waals surface area contributed by atoms with Gasteiger partial charge < -0.3 is 0 Å². The van der Waals surface area contributed by atoms with E-state index in [1.807, 2.05) is 12.1 Å². The van der Waals surface area contributed by atoms with E-state index in [4.69, 9.17) is 4.74 Å². The van der Waals surface area contributed by atoms with Gasteiger partial charge in [0, 0.05) is 0 Å². The summed E-state index contributed by atoms with van der Waals surface area (Å²) in [5, 5.41) is 0. The molecule has 0 aliphatic heterocycles. The third kappa shape index (κ3) is 5.69. The summed E-state index contributed by atoms with van der Waals surface area (Å²) in [4.78, 5) is 2.37. The molecule has 0 bridgehead atoms. The molecule has 0 saturated heterocycles. The first kappa shape index (κ1) is 20.1. The average Bonchev–Trinajstić information content (AvgIpc) is 2.73. The molecular weight excluding hydrogens is 382 g/mol. The van der Waals surface area contributed by atoms with Gasteiger partial charge in [0.1, 0.15) is 0 Å². The van der Waals surface area contributed by atoms with E-state index < -0.39 is 0 Å². The zero-order valence-electron chi connectivity index (χ0n) is 16.2. The number of rotatable bonds is 6. The van der Waals surface area contributed by atoms with Gasteiger partial charge >= 0.3 is 176 Å². The van der Waals surface area contributed by atoms with Crippen molar-refractivity contribution in [2.24, 2.45) is 0 Å². The third-order valence-electron chi connectivity index (χ3n) is 4.41. The van der Waals surface area contributed by atoms with Gasteiger partial charge in [0.15, 0.2) is 0 Å². The normalized spacial score (nSPS) is 10.1. The van der Waals surface area contributed by atoms with Crippen LogP contribution >= 0.6 is 0 Å². The Labute approximate surface area is 175 Å². The molecule has 140 valence electrons. The SMILES string of the molecule is CO[C](=[Cr])C#Cc1cc(C)ccc1N(Cc1ccccc1)Cc1ccccc1. The molecule has 0 atom stereocenters. The molecule has 3 aromatic carbocycles. The standard InChI is InChI=1S/C25H23NO.Cr/c1-21-15-16-25(24(18-21)14-9-17-27-2)26(19-22-10-5-3-6-11-22)20-23-12-7-4-8-13-23;/h3-8,10-13,15-16,18H,19-20H2,1-2H3;. The van der Waals surface area contributed by atoms with Crippen LogP contribution in [0.2, 0.25) is 0 Å². The summed E-state index contributed by atoms with van der Waals surface area (Å²) in [6.07, 6.45) is 0. The first-order valence-electron chi connectivity index (χ1n) is 9.19. The molecular formula is C25H23CrNO. The quantitative estimate of drug-likeness (QED) is 0.542. The van der Waals surface area contributed by atoms with Crippen molar-refractivity contribution in [3.8, 4) is 11.8 Å². The minimum absolute atomic E-state index is 0.588. The van der Waals surface area contributed by atoms with Crippen LogP contribution < -0.4 is 4.90 Å². The number of hydrogen-bond acceptors (Lipinski definition) is 2. The van der Waals surface area contributed by atoms with E-state index >= 15 is 0 Å². The van der Waals surface area contributed by atoms with Crippen molar-refractivity contribution < 1.29 is 20.6 Å². The summed E-state index contributed by atoms with van der Waals surface area (Å²) < 4.78 is 5.76. The van der Waals surface area contributed by atoms with E-state index in [-0.39, 0.29) is 0 Å². The Kier molecular flexibility index (Phi) is 7.24. The van der Waals surface area contributed by atoms with Crippen molar-refractivity contribution in [2.75, 3.05) is 12.0 Å². The molecule has 0 fully saturated rings. The Hall–Kier alpha value is -2.62. The molecule has 0 saturated carbocycles. The van der Waals surface area contributed by atoms with E-state index in [0.29, 0.717) is 4.57 Å². The summed E-state index contributed by atoms with van der Waals surface area (Å²) in [7, 11) is 1.62. The Morgan fingerprint density at radius 1 is 0.893 bits per heavy atom. The van der Waals surface area contributed by atoms with Crippen molar-refractivity contribution in [3.63, 3.8) is 0 Å². The van der Waals surface area contributed by atoms with Crippen molar-refractivity contribution in [1.29, 1.82) is 0 Å². The van der Waals surface area contributed by atoms with Gasteiger partial charge in [-0.3, -0.25) is 0 Å². The fourth-order valence-corrected chi connectivity index (χ4v) is 3.11. The van der Waals surface area contributed by atoms with Crippen LogP contribution in [0.1, 0.15) is 22.3 Å². The molecule has 0 aliphatic carbocycles. The predicted octanol–water partition coefficient (Wildman–Crippen LogP) is 4.88. The van der Waals surface area contributed by atoms with Crippen molar-refractivity contribution >= 4 is 10.3 Å². The second-order valence-corrected chi connectivity index (χ2v) is 7.17. The summed E-state index contributed by atoms with van der Waals surface area (Å²) in [5.41, 5.74) is 5.84. The predicted molar refractivity (Wildman–Crippen MR) is 113 cm³/mol. The van der Waals surface area contributed by atoms with Crippen LogP contribution in [0, 0.1) is 18.8 Å². The molecule has 0 N–H and O–H groups in total. The van der Waals surface area contributed by atoms with Crippen LogP contribution in [-0.2, 0) is 33.7 Å². The van der Waals surface area contributed by atoms with Gasteiger partial charge in [-0.1, -0.05) is 0 Å². The number of benzene rings is 3. The first-order valence-corrected chi connectivity index (χ1v) is 9.83. The number of nitrogens with zero attached hydrogens (tertiary/aromatic N) is 1. The molecule has 3 heteroatoms. The molecule has 0 heterocycles. The molecule has 0 amide bonds. The summed E-state index contributed by atoms with van der Waals surface area (Å²) in [5.74, 6) is 6.33. The first-order chi connectivity index (χ1) is 13.7. The number of aryl methyl sites for hydroxylation is 1. The van der Waals surface area contributed by atoms with Gasteiger partial charge in [-0.2, -0.15) is 0 Å². The van der Waals surface area contributed by atoms with Gasteiger partial charge in [0.2, 0.25) is 0 Å². The fourth-order valence-electron chi connectivity index (χ4n) is 3.03. The van der Waals surface area contributed by atoms with Crippen LogP contribution in [0.3, 0.4) is 0 Å². The average molecular weight is 405 g/mol. The maximum absolute atomic E-state index is 5.17. The van der Waals surface area contributed by atoms with E-state index in [1.165, 1.54) is 16.7 Å². The second kappa shape index (κ2) is 10.1. The monoisotopic (exact) mass is 405 g/mol. The zero-order valence-corrected chi connectivity index (χ0v) is 17.5. The number of ether oxygens (including phenoxy) is 1. The van der Waals surface area contributed by atoms with Crippen molar-refractivity contribution in [1.82, 2.24) is 0 Å². The Balaban J connectivity index is 2.01. The third-order valence-corrected chi connectivity index (χ3v) is 4.83. The van der Waals surface area contributed by atoms with Crippen LogP contribution in [0.15, 0.2) is 78.9 Å². The molecule has 0 unspecified atom stereocenters. The van der Waals surface area contributed by atoms with E-state index in [0.717, 1.165) is 24.3 Å². The number of hydrogen-bond donors (Lipinski definition) is 0. The number of methoxy groups -OCH3 is 1. The van der Waals surface area contributed by atoms with Gasteiger partial charge in [0.25, 0.3) is 0 Å². The Bertz CT molecular complexity index is 946. The number of anilines is 1. The molecule has 0 aromatic heterocycles. The zero-order chi connectivity index (χ0) is 19.8. The van der Waals surface area contributed by atoms with Gasteiger partial charge in [-0.15, -0.1) is 0 Å². The molecule has 0 radical (unpaired) electrons. The summed E-state index contributed by atoms with van der Waals surface area (Å²) >= 11 is 2.85. The van der Waals surface area contributed by atoms with Crippen molar-refractivity contribution in [3.05, 3.63) is 101 Å².